The highest BCUT2D eigenvalue weighted by Gasteiger charge is 2.76. The predicted octanol–water partition coefficient (Wildman–Crippen LogP) is 2.99. The summed E-state index contributed by atoms with van der Waals surface area (Å²) in [5.41, 5.74) is -2.34. The number of nitrogens with zero attached hydrogens (tertiary/aromatic N) is 2. The van der Waals surface area contributed by atoms with Crippen LogP contribution in [0.3, 0.4) is 0 Å². The summed E-state index contributed by atoms with van der Waals surface area (Å²) in [6.45, 7) is 6.32. The SMILES string of the molecule is CC[C@]12/C=C\CCCOC(=O)[C@H]1[C@H]1C(=O)N([C@@H](CO)C(C)C)C3C(=O)N(C4CCCCC4)CC=C[C@@]31O2. The number of hydrogen-bond donors (Lipinski definition) is 1. The van der Waals surface area contributed by atoms with E-state index in [9.17, 15) is 19.5 Å². The van der Waals surface area contributed by atoms with Crippen LogP contribution >= 0.6 is 0 Å². The van der Waals surface area contributed by atoms with Crippen LogP contribution in [0.25, 0.3) is 0 Å². The highest BCUT2D eigenvalue weighted by molar-refractivity contribution is 5.99. The van der Waals surface area contributed by atoms with Crippen molar-refractivity contribution in [2.75, 3.05) is 19.8 Å². The molecule has 5 aliphatic rings. The lowest BCUT2D eigenvalue weighted by molar-refractivity contribution is -0.164. The van der Waals surface area contributed by atoms with E-state index in [2.05, 4.69) is 0 Å². The third-order valence-corrected chi connectivity index (χ3v) is 9.43. The number of likely N-dealkylation sites (tertiary alicyclic amines) is 1. The third-order valence-electron chi connectivity index (χ3n) is 9.43. The van der Waals surface area contributed by atoms with Crippen molar-refractivity contribution in [2.24, 2.45) is 17.8 Å². The fourth-order valence-electron chi connectivity index (χ4n) is 7.53. The average molecular weight is 515 g/mol. The number of hydrogen-bond acceptors (Lipinski definition) is 6. The zero-order chi connectivity index (χ0) is 26.4. The van der Waals surface area contributed by atoms with Crippen molar-refractivity contribution in [3.8, 4) is 0 Å². The van der Waals surface area contributed by atoms with Crippen molar-refractivity contribution in [1.82, 2.24) is 9.80 Å². The molecular formula is C29H42N2O6. The second kappa shape index (κ2) is 10.2. The largest absolute Gasteiger partial charge is 0.465 e. The number of rotatable bonds is 5. The number of ether oxygens (including phenoxy) is 2. The molecule has 0 aromatic carbocycles. The van der Waals surface area contributed by atoms with E-state index in [1.807, 2.05) is 50.0 Å². The summed E-state index contributed by atoms with van der Waals surface area (Å²) in [4.78, 5) is 46.1. The van der Waals surface area contributed by atoms with Gasteiger partial charge in [-0.25, -0.2) is 0 Å². The van der Waals surface area contributed by atoms with Crippen LogP contribution in [-0.4, -0.2) is 81.8 Å². The number of aliphatic hydroxyl groups is 1. The number of esters is 1. The van der Waals surface area contributed by atoms with E-state index in [-0.39, 0.29) is 37.0 Å². The molecule has 0 radical (unpaired) electrons. The summed E-state index contributed by atoms with van der Waals surface area (Å²) in [6, 6.07) is -1.39. The molecule has 5 rings (SSSR count). The summed E-state index contributed by atoms with van der Waals surface area (Å²) < 4.78 is 12.7. The Morgan fingerprint density at radius 1 is 1.03 bits per heavy atom. The van der Waals surface area contributed by atoms with Gasteiger partial charge in [0, 0.05) is 12.6 Å². The zero-order valence-corrected chi connectivity index (χ0v) is 22.4. The Labute approximate surface area is 220 Å². The van der Waals surface area contributed by atoms with Crippen LogP contribution in [0.2, 0.25) is 0 Å². The van der Waals surface area contributed by atoms with E-state index in [1.165, 1.54) is 6.42 Å². The van der Waals surface area contributed by atoms with Gasteiger partial charge in [0.1, 0.15) is 23.2 Å². The molecule has 37 heavy (non-hydrogen) atoms. The third kappa shape index (κ3) is 4.06. The maximum Gasteiger partial charge on any atom is 0.313 e. The lowest BCUT2D eigenvalue weighted by Crippen LogP contribution is -2.61. The molecule has 204 valence electrons. The highest BCUT2D eigenvalue weighted by Crippen LogP contribution is 2.59. The Bertz CT molecular complexity index is 971. The first-order valence-corrected chi connectivity index (χ1v) is 14.3. The van der Waals surface area contributed by atoms with Crippen LogP contribution in [0.4, 0.5) is 0 Å². The number of amides is 2. The summed E-state index contributed by atoms with van der Waals surface area (Å²) in [6.07, 6.45) is 15.0. The fraction of sp³-hybridized carbons (Fsp3) is 0.759. The topological polar surface area (TPSA) is 96.4 Å². The molecule has 4 aliphatic heterocycles. The molecule has 2 amide bonds. The number of cyclic esters (lactones) is 1. The molecule has 1 unspecified atom stereocenters. The molecule has 1 saturated carbocycles. The molecule has 0 aromatic rings. The van der Waals surface area contributed by atoms with E-state index >= 15 is 0 Å². The van der Waals surface area contributed by atoms with Gasteiger partial charge in [0.15, 0.2) is 0 Å². The Kier molecular flexibility index (Phi) is 7.26. The smallest absolute Gasteiger partial charge is 0.313 e. The van der Waals surface area contributed by atoms with Crippen molar-refractivity contribution in [3.63, 3.8) is 0 Å². The van der Waals surface area contributed by atoms with Gasteiger partial charge < -0.3 is 24.4 Å². The van der Waals surface area contributed by atoms with E-state index in [0.29, 0.717) is 19.4 Å². The number of fused-ring (bicyclic) bond motifs is 2. The second-order valence-corrected chi connectivity index (χ2v) is 11.8. The molecule has 8 nitrogen and oxygen atoms in total. The molecule has 1 spiro atoms. The first kappa shape index (κ1) is 26.4. The van der Waals surface area contributed by atoms with Gasteiger partial charge in [0.2, 0.25) is 11.8 Å². The minimum absolute atomic E-state index is 0.0868. The van der Waals surface area contributed by atoms with Crippen LogP contribution < -0.4 is 0 Å². The average Bonchev–Trinajstić information content (AvgIpc) is 3.26. The molecule has 8 heteroatoms. The van der Waals surface area contributed by atoms with E-state index in [1.54, 1.807) is 4.90 Å². The molecule has 3 fully saturated rings. The molecule has 4 heterocycles. The van der Waals surface area contributed by atoms with Crippen molar-refractivity contribution < 1.29 is 29.0 Å². The minimum atomic E-state index is -1.30. The van der Waals surface area contributed by atoms with Gasteiger partial charge in [-0.05, 0) is 38.0 Å². The van der Waals surface area contributed by atoms with E-state index in [0.717, 1.165) is 32.1 Å². The van der Waals surface area contributed by atoms with Crippen LogP contribution in [-0.2, 0) is 23.9 Å². The van der Waals surface area contributed by atoms with Gasteiger partial charge in [0.05, 0.1) is 25.2 Å². The lowest BCUT2D eigenvalue weighted by Gasteiger charge is -2.43. The van der Waals surface area contributed by atoms with Gasteiger partial charge in [0.25, 0.3) is 0 Å². The van der Waals surface area contributed by atoms with Crippen molar-refractivity contribution in [3.05, 3.63) is 24.3 Å². The maximum atomic E-state index is 14.5. The Hall–Kier alpha value is -2.19. The minimum Gasteiger partial charge on any atom is -0.465 e. The lowest BCUT2D eigenvalue weighted by atomic mass is 9.73. The molecule has 2 saturated heterocycles. The van der Waals surface area contributed by atoms with Gasteiger partial charge >= 0.3 is 5.97 Å². The molecule has 0 aromatic heterocycles. The fourth-order valence-corrected chi connectivity index (χ4v) is 7.53. The first-order chi connectivity index (χ1) is 17.8. The monoisotopic (exact) mass is 514 g/mol. The van der Waals surface area contributed by atoms with Crippen molar-refractivity contribution >= 4 is 17.8 Å². The van der Waals surface area contributed by atoms with Crippen LogP contribution in [0.5, 0.6) is 0 Å². The number of aliphatic hydroxyl groups excluding tert-OH is 1. The highest BCUT2D eigenvalue weighted by atomic mass is 16.6. The molecule has 0 bridgehead atoms. The van der Waals surface area contributed by atoms with Gasteiger partial charge in [-0.2, -0.15) is 0 Å². The predicted molar refractivity (Wildman–Crippen MR) is 137 cm³/mol. The molecule has 1 N–H and O–H groups in total. The first-order valence-electron chi connectivity index (χ1n) is 14.3. The summed E-state index contributed by atoms with van der Waals surface area (Å²) in [5.74, 6) is -2.72. The number of carbonyl (C=O) groups is 3. The Balaban J connectivity index is 1.67. The Morgan fingerprint density at radius 3 is 2.46 bits per heavy atom. The van der Waals surface area contributed by atoms with Gasteiger partial charge in [-0.3, -0.25) is 14.4 Å². The number of carbonyl (C=O) groups excluding carboxylic acids is 3. The standard InChI is InChI=1S/C29H42N2O6/c1-4-28-14-9-6-10-17-36-27(35)23(28)22-25(33)31(21(18-32)19(2)3)24-26(34)30(20-12-7-5-8-13-20)16-11-15-29(22,24)37-28/h9,11,14-15,19-24,32H,4-8,10,12-13,16-18H2,1-3H3/b14-9-/t21-,22-,23+,24?,28-,29-/m0/s1. The van der Waals surface area contributed by atoms with Crippen LogP contribution in [0, 0.1) is 17.8 Å². The maximum absolute atomic E-state index is 14.5. The second-order valence-electron chi connectivity index (χ2n) is 11.8. The van der Waals surface area contributed by atoms with Gasteiger partial charge in [-0.1, -0.05) is 64.3 Å². The molecule has 1 aliphatic carbocycles. The normalized spacial score (nSPS) is 38.3. The van der Waals surface area contributed by atoms with E-state index in [4.69, 9.17) is 9.47 Å². The summed E-state index contributed by atoms with van der Waals surface area (Å²) in [7, 11) is 0. The van der Waals surface area contributed by atoms with Crippen LogP contribution in [0.1, 0.15) is 72.1 Å². The quantitative estimate of drug-likeness (QED) is 0.448. The summed E-state index contributed by atoms with van der Waals surface area (Å²) >= 11 is 0. The molecule has 6 atom stereocenters. The summed E-state index contributed by atoms with van der Waals surface area (Å²) in [5, 5.41) is 10.4. The Morgan fingerprint density at radius 2 is 1.78 bits per heavy atom. The molecular weight excluding hydrogens is 472 g/mol. The van der Waals surface area contributed by atoms with Crippen molar-refractivity contribution in [2.45, 2.75) is 101 Å². The van der Waals surface area contributed by atoms with Crippen molar-refractivity contribution in [1.29, 1.82) is 0 Å². The van der Waals surface area contributed by atoms with Gasteiger partial charge in [-0.15, -0.1) is 0 Å². The number of allylic oxidation sites excluding steroid dienone is 1. The van der Waals surface area contributed by atoms with E-state index < -0.39 is 41.1 Å². The van der Waals surface area contributed by atoms with Crippen LogP contribution in [0.15, 0.2) is 24.3 Å². The zero-order valence-electron chi connectivity index (χ0n) is 22.4.